The quantitative estimate of drug-likeness (QED) is 0.426. The number of fused-ring (bicyclic) bond motifs is 5. The summed E-state index contributed by atoms with van der Waals surface area (Å²) in [6.45, 7) is 4.61. The fourth-order valence-electron chi connectivity index (χ4n) is 9.32. The Kier molecular flexibility index (Phi) is 8.11. The summed E-state index contributed by atoms with van der Waals surface area (Å²) in [5.74, 6) is 0.774. The second kappa shape index (κ2) is 11.1. The first-order valence-electron chi connectivity index (χ1n) is 15.5. The van der Waals surface area contributed by atoms with Gasteiger partial charge in [0.25, 0.3) is 0 Å². The summed E-state index contributed by atoms with van der Waals surface area (Å²) in [5, 5.41) is 14.7. The maximum atomic E-state index is 13.4. The molecule has 7 nitrogen and oxygen atoms in total. The molecule has 5 aliphatic rings. The molecule has 0 aromatic carbocycles. The lowest BCUT2D eigenvalue weighted by molar-refractivity contribution is -0.170. The average molecular weight is 542 g/mol. The van der Waals surface area contributed by atoms with E-state index < -0.39 is 29.4 Å². The van der Waals surface area contributed by atoms with Crippen molar-refractivity contribution in [1.82, 2.24) is 5.32 Å². The molecule has 0 aromatic heterocycles. The number of hydrogen-bond acceptors (Lipinski definition) is 6. The Morgan fingerprint density at radius 2 is 1.69 bits per heavy atom. The van der Waals surface area contributed by atoms with Crippen LogP contribution in [0.25, 0.3) is 0 Å². The van der Waals surface area contributed by atoms with Gasteiger partial charge in [-0.25, -0.2) is 0 Å². The lowest BCUT2D eigenvalue weighted by atomic mass is 9.46. The van der Waals surface area contributed by atoms with Crippen LogP contribution in [0.3, 0.4) is 0 Å². The van der Waals surface area contributed by atoms with E-state index >= 15 is 0 Å². The minimum absolute atomic E-state index is 0.0428. The van der Waals surface area contributed by atoms with Gasteiger partial charge in [0.05, 0.1) is 6.42 Å². The van der Waals surface area contributed by atoms with Crippen molar-refractivity contribution in [3.8, 4) is 0 Å². The lowest BCUT2D eigenvalue weighted by Crippen LogP contribution is -2.58. The molecule has 216 valence electrons. The number of aliphatic hydroxyl groups is 1. The third kappa shape index (κ3) is 5.25. The van der Waals surface area contributed by atoms with Gasteiger partial charge in [-0.2, -0.15) is 0 Å². The van der Waals surface area contributed by atoms with Crippen LogP contribution in [0.4, 0.5) is 0 Å². The van der Waals surface area contributed by atoms with Gasteiger partial charge in [-0.1, -0.05) is 38.7 Å². The number of carbonyl (C=O) groups excluding carboxylic acids is 4. The predicted molar refractivity (Wildman–Crippen MR) is 146 cm³/mol. The Morgan fingerprint density at radius 3 is 2.46 bits per heavy atom. The number of Topliss-reactive ketones (excluding diaryl/α,β-unsaturated/α-hetero) is 1. The Morgan fingerprint density at radius 1 is 0.949 bits per heavy atom. The highest BCUT2D eigenvalue weighted by Crippen LogP contribution is 2.67. The van der Waals surface area contributed by atoms with Gasteiger partial charge in [0.1, 0.15) is 5.60 Å². The highest BCUT2D eigenvalue weighted by atomic mass is 16.5. The predicted octanol–water partition coefficient (Wildman–Crippen LogP) is 4.84. The number of rotatable bonds is 8. The largest absolute Gasteiger partial charge is 0.458 e. The summed E-state index contributed by atoms with van der Waals surface area (Å²) in [6.07, 6.45) is 14.2. The van der Waals surface area contributed by atoms with Crippen molar-refractivity contribution >= 4 is 23.4 Å². The fourth-order valence-corrected chi connectivity index (χ4v) is 9.32. The summed E-state index contributed by atoms with van der Waals surface area (Å²) < 4.78 is 5.29. The number of ether oxygens (including phenoxy) is 1. The van der Waals surface area contributed by atoms with Gasteiger partial charge in [0.2, 0.25) is 11.7 Å². The molecule has 5 aliphatic carbocycles. The number of carbonyl (C=O) groups is 4. The molecule has 0 saturated heterocycles. The van der Waals surface area contributed by atoms with E-state index in [1.165, 1.54) is 24.8 Å². The third-order valence-corrected chi connectivity index (χ3v) is 11.8. The Labute approximate surface area is 232 Å². The summed E-state index contributed by atoms with van der Waals surface area (Å²) in [7, 11) is 0. The smallest absolute Gasteiger partial charge is 0.306 e. The molecule has 0 heterocycles. The van der Waals surface area contributed by atoms with Crippen molar-refractivity contribution in [3.05, 3.63) is 11.6 Å². The monoisotopic (exact) mass is 541 g/mol. The van der Waals surface area contributed by atoms with Gasteiger partial charge in [-0.05, 0) is 93.0 Å². The van der Waals surface area contributed by atoms with Crippen LogP contribution in [-0.2, 0) is 23.9 Å². The molecule has 1 amide bonds. The van der Waals surface area contributed by atoms with E-state index in [1.54, 1.807) is 0 Å². The highest BCUT2D eigenvalue weighted by Gasteiger charge is 2.66. The fraction of sp³-hybridized carbons (Fsp3) is 0.812. The van der Waals surface area contributed by atoms with E-state index in [1.807, 2.05) is 6.08 Å². The van der Waals surface area contributed by atoms with Crippen molar-refractivity contribution in [2.75, 3.05) is 13.2 Å². The van der Waals surface area contributed by atoms with E-state index in [-0.39, 0.29) is 35.9 Å². The lowest BCUT2D eigenvalue weighted by Gasteiger charge is -2.58. The summed E-state index contributed by atoms with van der Waals surface area (Å²) >= 11 is 0. The molecule has 0 spiro atoms. The van der Waals surface area contributed by atoms with Crippen molar-refractivity contribution in [3.63, 3.8) is 0 Å². The first kappa shape index (κ1) is 28.5. The number of allylic oxidation sites excluding steroid dienone is 1. The Bertz CT molecular complexity index is 1030. The topological polar surface area (TPSA) is 110 Å². The van der Waals surface area contributed by atoms with Gasteiger partial charge in [0.15, 0.2) is 12.4 Å². The standard InChI is InChI=1S/C32H47NO6/c1-30-15-12-23(34)18-22(30)8-9-24-25(30)13-16-31(2)26(24)14-17-32(31,38)27(35)20-39-29(37)11-10-28(36)33-19-21-6-4-3-5-7-21/h18,21,24-26,38H,3-17,19-20H2,1-2H3,(H,33,36)/t24-,25+,26+,30-,31-,32-/m0/s1. The zero-order valence-corrected chi connectivity index (χ0v) is 23.9. The van der Waals surface area contributed by atoms with E-state index in [4.69, 9.17) is 4.74 Å². The van der Waals surface area contributed by atoms with Gasteiger partial charge in [-0.15, -0.1) is 0 Å². The van der Waals surface area contributed by atoms with Crippen molar-refractivity contribution in [2.45, 2.75) is 116 Å². The molecule has 0 aromatic rings. The molecule has 6 atom stereocenters. The van der Waals surface area contributed by atoms with Crippen molar-refractivity contribution < 1.29 is 29.0 Å². The maximum absolute atomic E-state index is 13.4. The Hall–Kier alpha value is -2.02. The number of hydrogen-bond donors (Lipinski definition) is 2. The second-order valence-electron chi connectivity index (χ2n) is 13.7. The molecule has 4 fully saturated rings. The molecule has 4 saturated carbocycles. The van der Waals surface area contributed by atoms with Crippen LogP contribution in [0.1, 0.15) is 110 Å². The van der Waals surface area contributed by atoms with Crippen LogP contribution in [-0.4, -0.2) is 47.3 Å². The number of ketones is 2. The SMILES string of the molecule is C[C@]12CCC(=O)C=C1CC[C@H]1[C@H]2CC[C@@]2(C)[C@@H]1CC[C@]2(O)C(=O)COC(=O)CCC(=O)NCC1CCCCC1. The average Bonchev–Trinajstić information content (AvgIpc) is 3.21. The van der Waals surface area contributed by atoms with Crippen LogP contribution >= 0.6 is 0 Å². The number of esters is 1. The van der Waals surface area contributed by atoms with Crippen molar-refractivity contribution in [1.29, 1.82) is 0 Å². The minimum atomic E-state index is -1.50. The molecular weight excluding hydrogens is 494 g/mol. The molecule has 39 heavy (non-hydrogen) atoms. The molecule has 0 radical (unpaired) electrons. The van der Waals surface area contributed by atoms with Gasteiger partial charge >= 0.3 is 5.97 Å². The van der Waals surface area contributed by atoms with E-state index in [2.05, 4.69) is 19.2 Å². The molecule has 2 N–H and O–H groups in total. The zero-order valence-electron chi connectivity index (χ0n) is 23.9. The second-order valence-corrected chi connectivity index (χ2v) is 13.7. The number of amides is 1. The minimum Gasteiger partial charge on any atom is -0.458 e. The number of nitrogens with one attached hydrogen (secondary N) is 1. The molecule has 0 bridgehead atoms. The van der Waals surface area contributed by atoms with E-state index in [9.17, 15) is 24.3 Å². The van der Waals surface area contributed by atoms with Crippen molar-refractivity contribution in [2.24, 2.45) is 34.5 Å². The Balaban J connectivity index is 1.13. The normalized spacial score (nSPS) is 38.2. The van der Waals surface area contributed by atoms with Crippen LogP contribution in [0.5, 0.6) is 0 Å². The molecule has 0 unspecified atom stereocenters. The van der Waals surface area contributed by atoms with E-state index in [0.29, 0.717) is 37.1 Å². The van der Waals surface area contributed by atoms with Gasteiger partial charge in [0, 0.05) is 24.8 Å². The molecule has 5 rings (SSSR count). The highest BCUT2D eigenvalue weighted by molar-refractivity contribution is 5.92. The summed E-state index contributed by atoms with van der Waals surface area (Å²) in [6, 6.07) is 0. The zero-order chi connectivity index (χ0) is 27.8. The summed E-state index contributed by atoms with van der Waals surface area (Å²) in [4.78, 5) is 50.0. The maximum Gasteiger partial charge on any atom is 0.306 e. The van der Waals surface area contributed by atoms with Crippen LogP contribution in [0, 0.1) is 34.5 Å². The van der Waals surface area contributed by atoms with Crippen LogP contribution in [0.15, 0.2) is 11.6 Å². The first-order valence-corrected chi connectivity index (χ1v) is 15.5. The third-order valence-electron chi connectivity index (χ3n) is 11.8. The molecule has 7 heteroatoms. The molecular formula is C32H47NO6. The first-order chi connectivity index (χ1) is 18.6. The van der Waals surface area contributed by atoms with E-state index in [0.717, 1.165) is 51.4 Å². The van der Waals surface area contributed by atoms with Gasteiger partial charge < -0.3 is 15.2 Å². The molecule has 0 aliphatic heterocycles. The van der Waals surface area contributed by atoms with Crippen LogP contribution in [0.2, 0.25) is 0 Å². The summed E-state index contributed by atoms with van der Waals surface area (Å²) in [5.41, 5.74) is -0.692. The van der Waals surface area contributed by atoms with Crippen LogP contribution < -0.4 is 5.32 Å². The van der Waals surface area contributed by atoms with Gasteiger partial charge in [-0.3, -0.25) is 19.2 Å².